The zero-order valence-electron chi connectivity index (χ0n) is 12.4. The molecule has 1 saturated heterocycles. The lowest BCUT2D eigenvalue weighted by molar-refractivity contribution is -0.0919. The Hall–Kier alpha value is -2.18. The van der Waals surface area contributed by atoms with Crippen molar-refractivity contribution in [3.05, 3.63) is 48.2 Å². The number of rotatable bonds is 3. The van der Waals surface area contributed by atoms with Gasteiger partial charge >= 0.3 is 0 Å². The van der Waals surface area contributed by atoms with Crippen LogP contribution in [0.15, 0.2) is 42.6 Å². The average Bonchev–Trinajstić information content (AvgIpc) is 2.58. The second kappa shape index (κ2) is 5.90. The van der Waals surface area contributed by atoms with Crippen LogP contribution in [0.5, 0.6) is 5.88 Å². The first-order chi connectivity index (χ1) is 10.6. The molecule has 3 rings (SSSR count). The molecular formula is C16H19N3O3. The first kappa shape index (κ1) is 14.7. The van der Waals surface area contributed by atoms with Crippen LogP contribution in [-0.4, -0.2) is 46.5 Å². The van der Waals surface area contributed by atoms with E-state index in [4.69, 9.17) is 4.74 Å². The molecule has 0 saturated carbocycles. The van der Waals surface area contributed by atoms with Crippen LogP contribution in [0.25, 0.3) is 0 Å². The molecule has 0 amide bonds. The molecule has 1 aliphatic rings. The van der Waals surface area contributed by atoms with Crippen molar-refractivity contribution in [3.8, 4) is 5.88 Å². The Morgan fingerprint density at radius 1 is 1.27 bits per heavy atom. The lowest BCUT2D eigenvalue weighted by atomic mass is 9.82. The molecule has 2 aromatic rings. The molecule has 2 heterocycles. The lowest BCUT2D eigenvalue weighted by Crippen LogP contribution is -2.54. The minimum atomic E-state index is -1.24. The summed E-state index contributed by atoms with van der Waals surface area (Å²) < 4.78 is 5.09. The summed E-state index contributed by atoms with van der Waals surface area (Å²) >= 11 is 0. The number of piperidine rings is 1. The number of anilines is 1. The van der Waals surface area contributed by atoms with Crippen LogP contribution >= 0.6 is 0 Å². The molecule has 0 unspecified atom stereocenters. The van der Waals surface area contributed by atoms with E-state index in [1.165, 1.54) is 0 Å². The summed E-state index contributed by atoms with van der Waals surface area (Å²) in [6.45, 7) is 0.814. The topological polar surface area (TPSA) is 78.7 Å². The Bertz CT molecular complexity index is 638. The highest BCUT2D eigenvalue weighted by molar-refractivity contribution is 5.36. The van der Waals surface area contributed by atoms with Crippen LogP contribution in [0.4, 0.5) is 5.95 Å². The average molecular weight is 301 g/mol. The standard InChI is InChI=1S/C16H19N3O3/c1-22-14-7-9-17-15(18-14)19-10-8-16(21,13(20)11-19)12-5-3-2-4-6-12/h2-7,9,13,20-21H,8,10-11H2,1H3/t13-,16-/m0/s1. The maximum absolute atomic E-state index is 10.8. The van der Waals surface area contributed by atoms with Crippen molar-refractivity contribution in [3.63, 3.8) is 0 Å². The Labute approximate surface area is 129 Å². The van der Waals surface area contributed by atoms with E-state index >= 15 is 0 Å². The third kappa shape index (κ3) is 2.63. The van der Waals surface area contributed by atoms with E-state index in [9.17, 15) is 10.2 Å². The second-order valence-corrected chi connectivity index (χ2v) is 5.40. The molecule has 6 heteroatoms. The summed E-state index contributed by atoms with van der Waals surface area (Å²) in [6, 6.07) is 10.9. The van der Waals surface area contributed by atoms with Gasteiger partial charge < -0.3 is 19.8 Å². The van der Waals surface area contributed by atoms with Gasteiger partial charge in [-0.05, 0) is 5.56 Å². The van der Waals surface area contributed by atoms with Crippen LogP contribution in [0.2, 0.25) is 0 Å². The van der Waals surface area contributed by atoms with E-state index in [2.05, 4.69) is 9.97 Å². The number of hydrogen-bond acceptors (Lipinski definition) is 6. The van der Waals surface area contributed by atoms with Gasteiger partial charge in [0.25, 0.3) is 0 Å². The minimum Gasteiger partial charge on any atom is -0.481 e. The van der Waals surface area contributed by atoms with Crippen molar-refractivity contribution in [1.82, 2.24) is 9.97 Å². The fourth-order valence-electron chi connectivity index (χ4n) is 2.77. The van der Waals surface area contributed by atoms with Gasteiger partial charge in [0.15, 0.2) is 0 Å². The number of β-amino-alcohol motifs (C(OH)–C–C–N with tert-alkyl or cyclic N) is 1. The quantitative estimate of drug-likeness (QED) is 0.878. The van der Waals surface area contributed by atoms with E-state index in [0.29, 0.717) is 24.8 Å². The number of aliphatic hydroxyl groups excluding tert-OH is 1. The largest absolute Gasteiger partial charge is 0.481 e. The van der Waals surface area contributed by atoms with E-state index < -0.39 is 11.7 Å². The van der Waals surface area contributed by atoms with Gasteiger partial charge in [-0.1, -0.05) is 30.3 Å². The number of methoxy groups -OCH3 is 1. The first-order valence-corrected chi connectivity index (χ1v) is 7.21. The predicted molar refractivity (Wildman–Crippen MR) is 81.8 cm³/mol. The highest BCUT2D eigenvalue weighted by Crippen LogP contribution is 2.34. The van der Waals surface area contributed by atoms with E-state index in [-0.39, 0.29) is 6.54 Å². The molecule has 0 radical (unpaired) electrons. The molecule has 22 heavy (non-hydrogen) atoms. The van der Waals surface area contributed by atoms with Crippen LogP contribution in [0, 0.1) is 0 Å². The molecule has 6 nitrogen and oxygen atoms in total. The number of nitrogens with zero attached hydrogens (tertiary/aromatic N) is 3. The van der Waals surface area contributed by atoms with E-state index in [1.807, 2.05) is 35.2 Å². The third-order valence-electron chi connectivity index (χ3n) is 4.09. The third-order valence-corrected chi connectivity index (χ3v) is 4.09. The van der Waals surface area contributed by atoms with Gasteiger partial charge in [-0.2, -0.15) is 4.98 Å². The van der Waals surface area contributed by atoms with E-state index in [1.54, 1.807) is 19.4 Å². The summed E-state index contributed by atoms with van der Waals surface area (Å²) in [4.78, 5) is 10.3. The Kier molecular flexibility index (Phi) is 3.96. The molecule has 2 N–H and O–H groups in total. The first-order valence-electron chi connectivity index (χ1n) is 7.21. The Morgan fingerprint density at radius 3 is 2.73 bits per heavy atom. The highest BCUT2D eigenvalue weighted by Gasteiger charge is 2.42. The molecule has 0 bridgehead atoms. The summed E-state index contributed by atoms with van der Waals surface area (Å²) in [5.41, 5.74) is -0.509. The molecular weight excluding hydrogens is 282 g/mol. The molecule has 0 spiro atoms. The summed E-state index contributed by atoms with van der Waals surface area (Å²) in [5.74, 6) is 0.969. The van der Waals surface area contributed by atoms with Gasteiger partial charge in [-0.15, -0.1) is 0 Å². The van der Waals surface area contributed by atoms with Gasteiger partial charge in [0.05, 0.1) is 7.11 Å². The van der Waals surface area contributed by atoms with Crippen LogP contribution in [0.1, 0.15) is 12.0 Å². The lowest BCUT2D eigenvalue weighted by Gasteiger charge is -2.42. The van der Waals surface area contributed by atoms with Crippen molar-refractivity contribution in [2.45, 2.75) is 18.1 Å². The van der Waals surface area contributed by atoms with Gasteiger partial charge in [0.1, 0.15) is 11.7 Å². The zero-order valence-corrected chi connectivity index (χ0v) is 12.4. The summed E-state index contributed by atoms with van der Waals surface area (Å²) in [7, 11) is 1.55. The molecule has 1 aliphatic heterocycles. The number of aliphatic hydroxyl groups is 2. The number of ether oxygens (including phenoxy) is 1. The van der Waals surface area contributed by atoms with Crippen LogP contribution in [0.3, 0.4) is 0 Å². The van der Waals surface area contributed by atoms with Crippen molar-refractivity contribution < 1.29 is 14.9 Å². The maximum atomic E-state index is 10.8. The van der Waals surface area contributed by atoms with Gasteiger partial charge in [-0.3, -0.25) is 0 Å². The normalized spacial score (nSPS) is 25.0. The van der Waals surface area contributed by atoms with Gasteiger partial charge in [-0.25, -0.2) is 4.98 Å². The minimum absolute atomic E-state index is 0.262. The number of hydrogen-bond donors (Lipinski definition) is 2. The molecule has 2 atom stereocenters. The smallest absolute Gasteiger partial charge is 0.228 e. The molecule has 1 aromatic carbocycles. The predicted octanol–water partition coefficient (Wildman–Crippen LogP) is 0.944. The molecule has 116 valence electrons. The Balaban J connectivity index is 1.80. The van der Waals surface area contributed by atoms with E-state index in [0.717, 1.165) is 5.56 Å². The zero-order chi connectivity index (χ0) is 15.6. The highest BCUT2D eigenvalue weighted by atomic mass is 16.5. The maximum Gasteiger partial charge on any atom is 0.228 e. The van der Waals surface area contributed by atoms with Crippen molar-refractivity contribution >= 4 is 5.95 Å². The molecule has 0 aliphatic carbocycles. The van der Waals surface area contributed by atoms with Crippen molar-refractivity contribution in [2.24, 2.45) is 0 Å². The van der Waals surface area contributed by atoms with Crippen molar-refractivity contribution in [2.75, 3.05) is 25.1 Å². The fourth-order valence-corrected chi connectivity index (χ4v) is 2.77. The van der Waals surface area contributed by atoms with Crippen molar-refractivity contribution in [1.29, 1.82) is 0 Å². The summed E-state index contributed by atoms with van der Waals surface area (Å²) in [6.07, 6.45) is 1.10. The Morgan fingerprint density at radius 2 is 2.05 bits per heavy atom. The second-order valence-electron chi connectivity index (χ2n) is 5.40. The van der Waals surface area contributed by atoms with Gasteiger partial charge in [0, 0.05) is 31.8 Å². The number of aromatic nitrogens is 2. The fraction of sp³-hybridized carbons (Fsp3) is 0.375. The SMILES string of the molecule is COc1ccnc(N2CC[C@](O)(c3ccccc3)[C@@H](O)C2)n1. The molecule has 1 fully saturated rings. The molecule has 1 aromatic heterocycles. The number of benzene rings is 1. The monoisotopic (exact) mass is 301 g/mol. The van der Waals surface area contributed by atoms with Crippen LogP contribution < -0.4 is 9.64 Å². The van der Waals surface area contributed by atoms with Gasteiger partial charge in [0.2, 0.25) is 11.8 Å². The van der Waals surface area contributed by atoms with Crippen LogP contribution in [-0.2, 0) is 5.60 Å². The summed E-state index contributed by atoms with van der Waals surface area (Å²) in [5, 5.41) is 21.3.